The molecular weight excluding hydrogens is 214 g/mol. The lowest BCUT2D eigenvalue weighted by atomic mass is 10.1. The number of rotatable bonds is 4. The summed E-state index contributed by atoms with van der Waals surface area (Å²) in [7, 11) is 0. The fraction of sp³-hybridized carbons (Fsp3) is 0.308. The highest BCUT2D eigenvalue weighted by Gasteiger charge is 2.00. The Morgan fingerprint density at radius 2 is 2.18 bits per heavy atom. The van der Waals surface area contributed by atoms with Gasteiger partial charge in [-0.05, 0) is 25.5 Å². The van der Waals surface area contributed by atoms with Crippen LogP contribution >= 0.6 is 0 Å². The van der Waals surface area contributed by atoms with Gasteiger partial charge in [0.15, 0.2) is 0 Å². The molecule has 0 aliphatic heterocycles. The van der Waals surface area contributed by atoms with E-state index in [9.17, 15) is 0 Å². The number of ether oxygens (including phenoxy) is 1. The zero-order chi connectivity index (χ0) is 12.3. The second kappa shape index (κ2) is 4.91. The Labute approximate surface area is 101 Å². The topological polar surface area (TPSA) is 53.1 Å². The van der Waals surface area contributed by atoms with Gasteiger partial charge in [-0.3, -0.25) is 4.68 Å². The summed E-state index contributed by atoms with van der Waals surface area (Å²) >= 11 is 0. The maximum atomic E-state index is 5.70. The summed E-state index contributed by atoms with van der Waals surface area (Å²) in [5.41, 5.74) is 8.66. The molecule has 1 aromatic carbocycles. The minimum atomic E-state index is 0.588. The van der Waals surface area contributed by atoms with E-state index < -0.39 is 0 Å². The highest BCUT2D eigenvalue weighted by molar-refractivity contribution is 5.35. The van der Waals surface area contributed by atoms with Crippen LogP contribution in [0.15, 0.2) is 30.6 Å². The van der Waals surface area contributed by atoms with Crippen LogP contribution in [0.25, 0.3) is 0 Å². The highest BCUT2D eigenvalue weighted by atomic mass is 16.5. The second-order valence-corrected chi connectivity index (χ2v) is 4.15. The summed E-state index contributed by atoms with van der Waals surface area (Å²) in [5, 5.41) is 4.10. The molecule has 1 aromatic heterocycles. The van der Waals surface area contributed by atoms with Crippen LogP contribution in [0.4, 0.5) is 5.69 Å². The number of benzene rings is 1. The fourth-order valence-electron chi connectivity index (χ4n) is 1.71. The van der Waals surface area contributed by atoms with Crippen molar-refractivity contribution in [3.8, 4) is 5.75 Å². The summed E-state index contributed by atoms with van der Waals surface area (Å²) in [5.74, 6) is 0.927. The van der Waals surface area contributed by atoms with Gasteiger partial charge < -0.3 is 10.5 Å². The standard InChI is InChI=1S/C13H17N3O/c1-10-3-4-13(11(2)7-10)17-6-5-16-9-12(14)8-15-16/h3-4,7-9H,5-6,14H2,1-2H3. The van der Waals surface area contributed by atoms with E-state index in [1.165, 1.54) is 5.56 Å². The predicted octanol–water partition coefficient (Wildman–Crippen LogP) is 2.16. The molecule has 2 aromatic rings. The largest absolute Gasteiger partial charge is 0.491 e. The molecule has 90 valence electrons. The van der Waals surface area contributed by atoms with Gasteiger partial charge in [0.05, 0.1) is 18.4 Å². The molecule has 0 aliphatic rings. The zero-order valence-corrected chi connectivity index (χ0v) is 10.2. The summed E-state index contributed by atoms with van der Waals surface area (Å²) in [6, 6.07) is 6.16. The number of nitrogens with two attached hydrogens (primary N) is 1. The molecule has 1 heterocycles. The Morgan fingerprint density at radius 1 is 1.35 bits per heavy atom. The molecule has 0 amide bonds. The Kier molecular flexibility index (Phi) is 3.32. The van der Waals surface area contributed by atoms with E-state index in [0.29, 0.717) is 18.8 Å². The first-order valence-electron chi connectivity index (χ1n) is 5.63. The van der Waals surface area contributed by atoms with Crippen LogP contribution in [-0.4, -0.2) is 16.4 Å². The molecule has 2 N–H and O–H groups in total. The van der Waals surface area contributed by atoms with Crippen LogP contribution in [0.2, 0.25) is 0 Å². The first-order chi connectivity index (χ1) is 8.15. The van der Waals surface area contributed by atoms with Crippen molar-refractivity contribution in [1.29, 1.82) is 0 Å². The van der Waals surface area contributed by atoms with E-state index in [4.69, 9.17) is 10.5 Å². The van der Waals surface area contributed by atoms with Crippen molar-refractivity contribution in [2.24, 2.45) is 0 Å². The fourth-order valence-corrected chi connectivity index (χ4v) is 1.71. The minimum Gasteiger partial charge on any atom is -0.491 e. The van der Waals surface area contributed by atoms with Crippen molar-refractivity contribution in [3.05, 3.63) is 41.7 Å². The molecule has 2 rings (SSSR count). The predicted molar refractivity (Wildman–Crippen MR) is 68.1 cm³/mol. The molecule has 4 heteroatoms. The number of nitrogen functional groups attached to an aromatic ring is 1. The van der Waals surface area contributed by atoms with E-state index in [-0.39, 0.29) is 0 Å². The van der Waals surface area contributed by atoms with Gasteiger partial charge in [-0.1, -0.05) is 17.7 Å². The third-order valence-electron chi connectivity index (χ3n) is 2.56. The van der Waals surface area contributed by atoms with Gasteiger partial charge in [-0.15, -0.1) is 0 Å². The van der Waals surface area contributed by atoms with Crippen molar-refractivity contribution in [2.75, 3.05) is 12.3 Å². The molecule has 17 heavy (non-hydrogen) atoms. The van der Waals surface area contributed by atoms with Gasteiger partial charge in [0.25, 0.3) is 0 Å². The minimum absolute atomic E-state index is 0.588. The van der Waals surface area contributed by atoms with Gasteiger partial charge in [0.2, 0.25) is 0 Å². The molecule has 0 unspecified atom stereocenters. The van der Waals surface area contributed by atoms with Gasteiger partial charge in [0.1, 0.15) is 12.4 Å². The van der Waals surface area contributed by atoms with E-state index >= 15 is 0 Å². The average Bonchev–Trinajstić information content (AvgIpc) is 2.68. The molecular formula is C13H17N3O. The van der Waals surface area contributed by atoms with Crippen LogP contribution in [0.3, 0.4) is 0 Å². The van der Waals surface area contributed by atoms with Crippen molar-refractivity contribution < 1.29 is 4.74 Å². The molecule has 0 spiro atoms. The Balaban J connectivity index is 1.90. The maximum absolute atomic E-state index is 5.70. The maximum Gasteiger partial charge on any atom is 0.122 e. The van der Waals surface area contributed by atoms with Crippen molar-refractivity contribution >= 4 is 5.69 Å². The summed E-state index contributed by atoms with van der Waals surface area (Å²) in [4.78, 5) is 0. The molecule has 0 aliphatic carbocycles. The summed E-state index contributed by atoms with van der Waals surface area (Å²) in [6.45, 7) is 5.41. The third kappa shape index (κ3) is 3.00. The molecule has 0 bridgehead atoms. The Bertz CT molecular complexity index is 505. The first-order valence-corrected chi connectivity index (χ1v) is 5.63. The van der Waals surface area contributed by atoms with E-state index in [2.05, 4.69) is 18.1 Å². The molecule has 0 radical (unpaired) electrons. The van der Waals surface area contributed by atoms with Crippen LogP contribution < -0.4 is 10.5 Å². The molecule has 0 atom stereocenters. The molecule has 0 saturated carbocycles. The van der Waals surface area contributed by atoms with E-state index in [0.717, 1.165) is 11.3 Å². The van der Waals surface area contributed by atoms with E-state index in [1.807, 2.05) is 19.1 Å². The van der Waals surface area contributed by atoms with Gasteiger partial charge in [0, 0.05) is 6.20 Å². The number of aromatic nitrogens is 2. The SMILES string of the molecule is Cc1ccc(OCCn2cc(N)cn2)c(C)c1. The number of nitrogens with zero attached hydrogens (tertiary/aromatic N) is 2. The number of hydrogen-bond donors (Lipinski definition) is 1. The van der Waals surface area contributed by atoms with Crippen LogP contribution in [-0.2, 0) is 6.54 Å². The normalized spacial score (nSPS) is 10.5. The second-order valence-electron chi connectivity index (χ2n) is 4.15. The van der Waals surface area contributed by atoms with E-state index in [1.54, 1.807) is 17.1 Å². The van der Waals surface area contributed by atoms with Crippen molar-refractivity contribution in [2.45, 2.75) is 20.4 Å². The third-order valence-corrected chi connectivity index (χ3v) is 2.56. The Hall–Kier alpha value is -1.97. The number of aryl methyl sites for hydroxylation is 2. The number of anilines is 1. The summed E-state index contributed by atoms with van der Waals surface area (Å²) in [6.07, 6.45) is 3.43. The molecule has 4 nitrogen and oxygen atoms in total. The van der Waals surface area contributed by atoms with Gasteiger partial charge in [-0.2, -0.15) is 5.10 Å². The zero-order valence-electron chi connectivity index (χ0n) is 10.2. The van der Waals surface area contributed by atoms with Crippen LogP contribution in [0.5, 0.6) is 5.75 Å². The van der Waals surface area contributed by atoms with Gasteiger partial charge in [-0.25, -0.2) is 0 Å². The molecule has 0 fully saturated rings. The van der Waals surface area contributed by atoms with Crippen LogP contribution in [0.1, 0.15) is 11.1 Å². The molecule has 0 saturated heterocycles. The Morgan fingerprint density at radius 3 is 2.82 bits per heavy atom. The smallest absolute Gasteiger partial charge is 0.122 e. The lowest BCUT2D eigenvalue weighted by Crippen LogP contribution is -2.09. The quantitative estimate of drug-likeness (QED) is 0.877. The first kappa shape index (κ1) is 11.5. The lowest BCUT2D eigenvalue weighted by molar-refractivity contribution is 0.289. The van der Waals surface area contributed by atoms with Crippen molar-refractivity contribution in [1.82, 2.24) is 9.78 Å². The van der Waals surface area contributed by atoms with Crippen LogP contribution in [0, 0.1) is 13.8 Å². The number of hydrogen-bond acceptors (Lipinski definition) is 3. The van der Waals surface area contributed by atoms with Crippen molar-refractivity contribution in [3.63, 3.8) is 0 Å². The lowest BCUT2D eigenvalue weighted by Gasteiger charge is -2.09. The van der Waals surface area contributed by atoms with Gasteiger partial charge >= 0.3 is 0 Å². The average molecular weight is 231 g/mol. The highest BCUT2D eigenvalue weighted by Crippen LogP contribution is 2.18. The summed E-state index contributed by atoms with van der Waals surface area (Å²) < 4.78 is 7.48. The monoisotopic (exact) mass is 231 g/mol.